The third kappa shape index (κ3) is 4.61. The van der Waals surface area contributed by atoms with Gasteiger partial charge in [0.1, 0.15) is 0 Å². The topological polar surface area (TPSA) is 69.6 Å². The summed E-state index contributed by atoms with van der Waals surface area (Å²) in [4.78, 5) is 23.4. The normalized spacial score (nSPS) is 16.6. The van der Waals surface area contributed by atoms with Gasteiger partial charge in [0, 0.05) is 26.1 Å². The van der Waals surface area contributed by atoms with Gasteiger partial charge in [-0.05, 0) is 12.8 Å². The summed E-state index contributed by atoms with van der Waals surface area (Å²) in [5, 5.41) is 11.5. The van der Waals surface area contributed by atoms with Crippen LogP contribution in [0.25, 0.3) is 0 Å². The van der Waals surface area contributed by atoms with Gasteiger partial charge in [0.25, 0.3) is 0 Å². The van der Waals surface area contributed by atoms with Crippen LogP contribution < -0.4 is 5.32 Å². The van der Waals surface area contributed by atoms with Crippen molar-refractivity contribution in [2.75, 3.05) is 19.6 Å². The molecule has 1 saturated carbocycles. The summed E-state index contributed by atoms with van der Waals surface area (Å²) in [5.41, 5.74) is 0. The minimum absolute atomic E-state index is 0.0679. The molecule has 1 aliphatic rings. The fraction of sp³-hybridized carbons (Fsp3) is 0.818. The molecular formula is C11H20N2O3. The molecule has 0 unspecified atom stereocenters. The van der Waals surface area contributed by atoms with E-state index in [1.807, 2.05) is 4.90 Å². The summed E-state index contributed by atoms with van der Waals surface area (Å²) in [5.74, 6) is -0.864. The molecule has 0 radical (unpaired) electrons. The minimum atomic E-state index is -0.797. The van der Waals surface area contributed by atoms with E-state index in [0.717, 1.165) is 12.8 Å². The molecule has 0 aromatic rings. The van der Waals surface area contributed by atoms with Crippen molar-refractivity contribution in [3.05, 3.63) is 0 Å². The zero-order valence-electron chi connectivity index (χ0n) is 9.74. The molecule has 92 valence electrons. The number of carboxylic acid groups (broad SMARTS) is 1. The Kier molecular flexibility index (Phi) is 5.25. The van der Waals surface area contributed by atoms with Crippen molar-refractivity contribution in [1.82, 2.24) is 10.2 Å². The molecule has 1 aliphatic carbocycles. The lowest BCUT2D eigenvalue weighted by Crippen LogP contribution is -2.42. The lowest BCUT2D eigenvalue weighted by Gasteiger charge is -2.26. The largest absolute Gasteiger partial charge is 0.480 e. The van der Waals surface area contributed by atoms with Crippen LogP contribution in [0.5, 0.6) is 0 Å². The van der Waals surface area contributed by atoms with Crippen molar-refractivity contribution in [1.29, 1.82) is 0 Å². The van der Waals surface area contributed by atoms with Crippen LogP contribution in [-0.2, 0) is 9.59 Å². The smallest absolute Gasteiger partial charge is 0.317 e. The Morgan fingerprint density at radius 2 is 2.00 bits per heavy atom. The molecular weight excluding hydrogens is 208 g/mol. The van der Waals surface area contributed by atoms with Gasteiger partial charge in [0.2, 0.25) is 5.91 Å². The molecule has 5 heteroatoms. The van der Waals surface area contributed by atoms with E-state index in [2.05, 4.69) is 5.32 Å². The fourth-order valence-electron chi connectivity index (χ4n) is 2.21. The number of carboxylic acids is 1. The summed E-state index contributed by atoms with van der Waals surface area (Å²) in [6.45, 7) is 2.69. The van der Waals surface area contributed by atoms with Crippen LogP contribution in [0.2, 0.25) is 0 Å². The summed E-state index contributed by atoms with van der Waals surface area (Å²) in [6.07, 6.45) is 4.52. The van der Waals surface area contributed by atoms with E-state index in [4.69, 9.17) is 5.11 Å². The number of rotatable bonds is 6. The predicted molar refractivity (Wildman–Crippen MR) is 60.1 cm³/mol. The highest BCUT2D eigenvalue weighted by atomic mass is 16.4. The minimum Gasteiger partial charge on any atom is -0.480 e. The number of amides is 1. The maximum Gasteiger partial charge on any atom is 0.317 e. The SMILES string of the molecule is CC(=O)NCCN(CC(=O)O)C1CCCC1. The van der Waals surface area contributed by atoms with Crippen molar-refractivity contribution < 1.29 is 14.7 Å². The second kappa shape index (κ2) is 6.48. The van der Waals surface area contributed by atoms with Crippen LogP contribution in [0.3, 0.4) is 0 Å². The molecule has 0 spiro atoms. The molecule has 0 saturated heterocycles. The second-order valence-corrected chi connectivity index (χ2v) is 4.29. The Hall–Kier alpha value is -1.10. The number of hydrogen-bond donors (Lipinski definition) is 2. The highest BCUT2D eigenvalue weighted by molar-refractivity contribution is 5.72. The first-order chi connectivity index (χ1) is 7.59. The lowest BCUT2D eigenvalue weighted by molar-refractivity contribution is -0.138. The zero-order valence-corrected chi connectivity index (χ0v) is 9.74. The second-order valence-electron chi connectivity index (χ2n) is 4.29. The highest BCUT2D eigenvalue weighted by Crippen LogP contribution is 2.22. The maximum atomic E-state index is 10.7. The molecule has 1 rings (SSSR count). The third-order valence-electron chi connectivity index (χ3n) is 2.95. The van der Waals surface area contributed by atoms with Crippen molar-refractivity contribution in [3.8, 4) is 0 Å². The Balaban J connectivity index is 2.36. The predicted octanol–water partition coefficient (Wildman–Crippen LogP) is 0.452. The third-order valence-corrected chi connectivity index (χ3v) is 2.95. The average molecular weight is 228 g/mol. The Morgan fingerprint density at radius 1 is 1.38 bits per heavy atom. The van der Waals surface area contributed by atoms with Crippen molar-refractivity contribution >= 4 is 11.9 Å². The molecule has 16 heavy (non-hydrogen) atoms. The number of carbonyl (C=O) groups excluding carboxylic acids is 1. The first-order valence-corrected chi connectivity index (χ1v) is 5.80. The summed E-state index contributed by atoms with van der Waals surface area (Å²) < 4.78 is 0. The Morgan fingerprint density at radius 3 is 2.50 bits per heavy atom. The van der Waals surface area contributed by atoms with E-state index in [-0.39, 0.29) is 12.5 Å². The van der Waals surface area contributed by atoms with Gasteiger partial charge in [0.05, 0.1) is 6.54 Å². The van der Waals surface area contributed by atoms with E-state index in [9.17, 15) is 9.59 Å². The number of nitrogens with zero attached hydrogens (tertiary/aromatic N) is 1. The average Bonchev–Trinajstić information content (AvgIpc) is 2.67. The molecule has 0 atom stereocenters. The molecule has 0 heterocycles. The van der Waals surface area contributed by atoms with Crippen molar-refractivity contribution in [2.45, 2.75) is 38.6 Å². The van der Waals surface area contributed by atoms with Gasteiger partial charge < -0.3 is 10.4 Å². The van der Waals surface area contributed by atoms with Gasteiger partial charge >= 0.3 is 5.97 Å². The van der Waals surface area contributed by atoms with Crippen LogP contribution in [0.4, 0.5) is 0 Å². The van der Waals surface area contributed by atoms with Crippen LogP contribution in [0.1, 0.15) is 32.6 Å². The van der Waals surface area contributed by atoms with E-state index >= 15 is 0 Å². The number of hydrogen-bond acceptors (Lipinski definition) is 3. The molecule has 1 fully saturated rings. The molecule has 0 aliphatic heterocycles. The first kappa shape index (κ1) is 13.0. The van der Waals surface area contributed by atoms with Gasteiger partial charge in [-0.3, -0.25) is 14.5 Å². The van der Waals surface area contributed by atoms with Gasteiger partial charge in [-0.25, -0.2) is 0 Å². The summed E-state index contributed by atoms with van der Waals surface area (Å²) >= 11 is 0. The Labute approximate surface area is 95.8 Å². The summed E-state index contributed by atoms with van der Waals surface area (Å²) in [7, 11) is 0. The van der Waals surface area contributed by atoms with Crippen LogP contribution >= 0.6 is 0 Å². The highest BCUT2D eigenvalue weighted by Gasteiger charge is 2.23. The van der Waals surface area contributed by atoms with Crippen molar-refractivity contribution in [2.24, 2.45) is 0 Å². The lowest BCUT2D eigenvalue weighted by atomic mass is 10.2. The monoisotopic (exact) mass is 228 g/mol. The van der Waals surface area contributed by atoms with E-state index < -0.39 is 5.97 Å². The first-order valence-electron chi connectivity index (χ1n) is 5.80. The standard InChI is InChI=1S/C11H20N2O3/c1-9(14)12-6-7-13(8-11(15)16)10-4-2-3-5-10/h10H,2-8H2,1H3,(H,12,14)(H,15,16). The maximum absolute atomic E-state index is 10.7. The van der Waals surface area contributed by atoms with Crippen LogP contribution in [0.15, 0.2) is 0 Å². The Bertz CT molecular complexity index is 250. The zero-order chi connectivity index (χ0) is 12.0. The van der Waals surface area contributed by atoms with Gasteiger partial charge in [-0.1, -0.05) is 12.8 Å². The molecule has 5 nitrogen and oxygen atoms in total. The van der Waals surface area contributed by atoms with Crippen LogP contribution in [-0.4, -0.2) is 47.6 Å². The summed E-state index contributed by atoms with van der Waals surface area (Å²) in [6, 6.07) is 0.379. The van der Waals surface area contributed by atoms with Gasteiger partial charge in [-0.15, -0.1) is 0 Å². The number of nitrogens with one attached hydrogen (secondary N) is 1. The van der Waals surface area contributed by atoms with Gasteiger partial charge in [-0.2, -0.15) is 0 Å². The van der Waals surface area contributed by atoms with Gasteiger partial charge in [0.15, 0.2) is 0 Å². The number of carbonyl (C=O) groups is 2. The molecule has 0 aromatic carbocycles. The quantitative estimate of drug-likeness (QED) is 0.692. The van der Waals surface area contributed by atoms with E-state index in [1.54, 1.807) is 0 Å². The molecule has 1 amide bonds. The number of aliphatic carboxylic acids is 1. The van der Waals surface area contributed by atoms with Crippen molar-refractivity contribution in [3.63, 3.8) is 0 Å². The molecule has 0 bridgehead atoms. The van der Waals surface area contributed by atoms with Crippen LogP contribution in [0, 0.1) is 0 Å². The molecule has 2 N–H and O–H groups in total. The van der Waals surface area contributed by atoms with E-state index in [0.29, 0.717) is 19.1 Å². The fourth-order valence-corrected chi connectivity index (χ4v) is 2.21. The molecule has 0 aromatic heterocycles. The van der Waals surface area contributed by atoms with E-state index in [1.165, 1.54) is 19.8 Å².